The van der Waals surface area contributed by atoms with E-state index in [2.05, 4.69) is 0 Å². The Labute approximate surface area is 133 Å². The molecular weight excluding hydrogens is 315 g/mol. The van der Waals surface area contributed by atoms with E-state index in [0.29, 0.717) is 5.39 Å². The molecule has 1 unspecified atom stereocenters. The summed E-state index contributed by atoms with van der Waals surface area (Å²) in [6.07, 6.45) is -0.613. The van der Waals surface area contributed by atoms with E-state index >= 15 is 0 Å². The van der Waals surface area contributed by atoms with E-state index < -0.39 is 13.9 Å². The molecule has 2 N–H and O–H groups in total. The molecule has 5 nitrogen and oxygen atoms in total. The van der Waals surface area contributed by atoms with Crippen molar-refractivity contribution in [2.24, 2.45) is 0 Å². The first-order chi connectivity index (χ1) is 10.9. The third kappa shape index (κ3) is 2.96. The topological polar surface area (TPSA) is 76.0 Å². The van der Waals surface area contributed by atoms with E-state index in [0.717, 1.165) is 16.2 Å². The van der Waals surface area contributed by atoms with Gasteiger partial charge in [0, 0.05) is 12.5 Å². The molecule has 0 aromatic heterocycles. The van der Waals surface area contributed by atoms with Gasteiger partial charge < -0.3 is 19.3 Å². The molecule has 6 heteroatoms. The minimum absolute atomic E-state index is 0.107. The molecule has 0 radical (unpaired) electrons. The summed E-state index contributed by atoms with van der Waals surface area (Å²) >= 11 is 0. The van der Waals surface area contributed by atoms with Crippen LogP contribution in [0.1, 0.15) is 6.92 Å². The highest BCUT2D eigenvalue weighted by Crippen LogP contribution is 2.42. The van der Waals surface area contributed by atoms with Gasteiger partial charge in [-0.2, -0.15) is 0 Å². The normalized spacial score (nSPS) is 13.4. The van der Waals surface area contributed by atoms with Crippen LogP contribution in [0.2, 0.25) is 0 Å². The number of ether oxygens (including phenoxy) is 2. The lowest BCUT2D eigenvalue weighted by atomic mass is 10.0. The van der Waals surface area contributed by atoms with Gasteiger partial charge in [-0.25, -0.2) is 0 Å². The smallest absolute Gasteiger partial charge is 0.360 e. The third-order valence-corrected chi connectivity index (χ3v) is 4.82. The van der Waals surface area contributed by atoms with Crippen molar-refractivity contribution in [3.63, 3.8) is 0 Å². The van der Waals surface area contributed by atoms with Crippen LogP contribution in [0.3, 0.4) is 0 Å². The van der Waals surface area contributed by atoms with Crippen molar-refractivity contribution < 1.29 is 23.8 Å². The highest BCUT2D eigenvalue weighted by Gasteiger charge is 2.27. The highest BCUT2D eigenvalue weighted by atomic mass is 31.2. The Morgan fingerprint density at radius 1 is 0.957 bits per heavy atom. The van der Waals surface area contributed by atoms with Crippen LogP contribution >= 0.6 is 7.60 Å². The molecule has 0 saturated heterocycles. The van der Waals surface area contributed by atoms with Crippen molar-refractivity contribution in [1.29, 1.82) is 0 Å². The van der Waals surface area contributed by atoms with Crippen molar-refractivity contribution in [2.75, 3.05) is 7.11 Å². The summed E-state index contributed by atoms with van der Waals surface area (Å²) in [5.74, 6) is 0.135. The zero-order valence-corrected chi connectivity index (χ0v) is 13.7. The summed E-state index contributed by atoms with van der Waals surface area (Å²) in [4.78, 5) is 19.6. The van der Waals surface area contributed by atoms with Gasteiger partial charge in [-0.05, 0) is 29.1 Å². The van der Waals surface area contributed by atoms with E-state index in [1.807, 2.05) is 36.4 Å². The molecule has 3 rings (SSSR count). The molecule has 0 heterocycles. The first-order valence-electron chi connectivity index (χ1n) is 7.12. The second-order valence-corrected chi connectivity index (χ2v) is 6.79. The van der Waals surface area contributed by atoms with Gasteiger partial charge in [-0.3, -0.25) is 4.57 Å². The average molecular weight is 332 g/mol. The fraction of sp³-hybridized carbons (Fsp3) is 0.176. The predicted molar refractivity (Wildman–Crippen MR) is 90.2 cm³/mol. The first kappa shape index (κ1) is 16.0. The number of hydrogen-bond donors (Lipinski definition) is 2. The number of benzene rings is 3. The molecule has 1 atom stereocenters. The lowest BCUT2D eigenvalue weighted by Crippen LogP contribution is -2.19. The Hall–Kier alpha value is -1.91. The van der Waals surface area contributed by atoms with Crippen LogP contribution in [0, 0.1) is 0 Å². The van der Waals surface area contributed by atoms with Crippen LogP contribution in [-0.2, 0) is 9.30 Å². The van der Waals surface area contributed by atoms with Crippen LogP contribution in [0.5, 0.6) is 5.75 Å². The van der Waals surface area contributed by atoms with Crippen LogP contribution in [0.25, 0.3) is 21.5 Å². The van der Waals surface area contributed by atoms with Crippen molar-refractivity contribution >= 4 is 34.4 Å². The number of hydrogen-bond acceptors (Lipinski definition) is 3. The second-order valence-electron chi connectivity index (χ2n) is 5.26. The van der Waals surface area contributed by atoms with E-state index in [1.54, 1.807) is 19.1 Å². The molecule has 0 fully saturated rings. The fourth-order valence-corrected chi connectivity index (χ4v) is 3.60. The van der Waals surface area contributed by atoms with E-state index in [1.165, 1.54) is 7.11 Å². The summed E-state index contributed by atoms with van der Waals surface area (Å²) in [6.45, 7) is 1.66. The Bertz CT molecular complexity index is 915. The molecule has 0 saturated carbocycles. The zero-order valence-electron chi connectivity index (χ0n) is 12.8. The van der Waals surface area contributed by atoms with E-state index in [9.17, 15) is 14.4 Å². The maximum absolute atomic E-state index is 12.0. The van der Waals surface area contributed by atoms with Gasteiger partial charge in [0.1, 0.15) is 11.1 Å². The standard InChI is InChI=1S/C17H17O5P/c1-11(21-2)22-16-10-9-14-13-6-4-3-5-12(13)7-8-15(14)17(16)23(18,19)20/h3-11H,1-2H3,(H2,18,19,20). The lowest BCUT2D eigenvalue weighted by molar-refractivity contribution is -0.0376. The Kier molecular flexibility index (Phi) is 4.13. The number of fused-ring (bicyclic) bond motifs is 3. The summed E-state index contributed by atoms with van der Waals surface area (Å²) in [5.41, 5.74) is 0. The second kappa shape index (κ2) is 5.95. The van der Waals surface area contributed by atoms with Crippen molar-refractivity contribution in [1.82, 2.24) is 0 Å². The highest BCUT2D eigenvalue weighted by molar-refractivity contribution is 7.61. The van der Waals surface area contributed by atoms with Crippen molar-refractivity contribution in [2.45, 2.75) is 13.2 Å². The van der Waals surface area contributed by atoms with Gasteiger partial charge in [0.15, 0.2) is 6.29 Å². The molecule has 23 heavy (non-hydrogen) atoms. The average Bonchev–Trinajstić information content (AvgIpc) is 2.52. The molecule has 0 bridgehead atoms. The number of methoxy groups -OCH3 is 1. The Morgan fingerprint density at radius 2 is 1.65 bits per heavy atom. The monoisotopic (exact) mass is 332 g/mol. The van der Waals surface area contributed by atoms with E-state index in [4.69, 9.17) is 9.47 Å². The van der Waals surface area contributed by atoms with Gasteiger partial charge in [-0.15, -0.1) is 0 Å². The predicted octanol–water partition coefficient (Wildman–Crippen LogP) is 3.17. The van der Waals surface area contributed by atoms with Crippen LogP contribution in [0.15, 0.2) is 48.5 Å². The van der Waals surface area contributed by atoms with Crippen molar-refractivity contribution in [3.05, 3.63) is 48.5 Å². The van der Waals surface area contributed by atoms with Gasteiger partial charge in [0.2, 0.25) is 0 Å². The molecule has 3 aromatic rings. The molecule has 0 aliphatic carbocycles. The summed E-state index contributed by atoms with van der Waals surface area (Å²) < 4.78 is 22.6. The maximum atomic E-state index is 12.0. The van der Waals surface area contributed by atoms with Gasteiger partial charge in [0.05, 0.1) is 0 Å². The quantitative estimate of drug-likeness (QED) is 0.436. The largest absolute Gasteiger partial charge is 0.464 e. The summed E-state index contributed by atoms with van der Waals surface area (Å²) in [6, 6.07) is 14.7. The van der Waals surface area contributed by atoms with Crippen LogP contribution in [0.4, 0.5) is 0 Å². The molecule has 0 spiro atoms. The zero-order chi connectivity index (χ0) is 16.6. The van der Waals surface area contributed by atoms with Crippen LogP contribution < -0.4 is 10.0 Å². The summed E-state index contributed by atoms with van der Waals surface area (Å²) in [7, 11) is -3.06. The Balaban J connectivity index is 2.35. The lowest BCUT2D eigenvalue weighted by Gasteiger charge is -2.19. The molecule has 0 aliphatic rings. The van der Waals surface area contributed by atoms with Gasteiger partial charge in [-0.1, -0.05) is 42.5 Å². The maximum Gasteiger partial charge on any atom is 0.360 e. The minimum atomic E-state index is -4.53. The van der Waals surface area contributed by atoms with Gasteiger partial charge >= 0.3 is 7.60 Å². The Morgan fingerprint density at radius 3 is 2.35 bits per heavy atom. The van der Waals surface area contributed by atoms with Crippen molar-refractivity contribution in [3.8, 4) is 5.75 Å². The third-order valence-electron chi connectivity index (χ3n) is 3.78. The SMILES string of the molecule is COC(C)Oc1ccc2c(ccc3ccccc32)c1P(=O)(O)O. The fourth-order valence-electron chi connectivity index (χ4n) is 2.67. The van der Waals surface area contributed by atoms with E-state index in [-0.39, 0.29) is 11.1 Å². The molecule has 0 amide bonds. The summed E-state index contributed by atoms with van der Waals surface area (Å²) in [5, 5.41) is 3.10. The molecule has 0 aliphatic heterocycles. The van der Waals surface area contributed by atoms with Crippen LogP contribution in [-0.4, -0.2) is 23.2 Å². The molecular formula is C17H17O5P. The minimum Gasteiger partial charge on any atom is -0.464 e. The molecule has 120 valence electrons. The van der Waals surface area contributed by atoms with Gasteiger partial charge in [0.25, 0.3) is 0 Å². The first-order valence-corrected chi connectivity index (χ1v) is 8.73. The molecule has 3 aromatic carbocycles. The number of rotatable bonds is 4.